The third-order valence-corrected chi connectivity index (χ3v) is 14.9. The Morgan fingerprint density at radius 2 is 0.864 bits per heavy atom. The molecule has 0 saturated heterocycles. The summed E-state index contributed by atoms with van der Waals surface area (Å²) >= 11 is 13.3. The number of amides is 3. The second kappa shape index (κ2) is 47.2. The number of ether oxygens (including phenoxy) is 6. The summed E-state index contributed by atoms with van der Waals surface area (Å²) in [5.41, 5.74) is 16.1. The fourth-order valence-corrected chi connectivity index (χ4v) is 10.6. The lowest BCUT2D eigenvalue weighted by Crippen LogP contribution is -2.36. The lowest BCUT2D eigenvalue weighted by Gasteiger charge is -2.21. The Morgan fingerprint density at radius 1 is 0.524 bits per heavy atom. The highest BCUT2D eigenvalue weighted by Crippen LogP contribution is 2.25. The largest absolute Gasteiger partial charge is 0.478 e. The van der Waals surface area contributed by atoms with Gasteiger partial charge in [-0.1, -0.05) is 23.4 Å². The van der Waals surface area contributed by atoms with Crippen LogP contribution >= 0.6 is 80.7 Å². The Bertz CT molecular complexity index is 3750. The first-order chi connectivity index (χ1) is 47.9. The Hall–Kier alpha value is -8.23. The molecule has 0 fully saturated rings. The van der Waals surface area contributed by atoms with Gasteiger partial charge in [-0.15, -0.1) is 17.0 Å². The Balaban J connectivity index is 0.000000446. The molecule has 0 aliphatic carbocycles. The molecule has 8 rings (SSSR count). The molecule has 0 saturated carbocycles. The zero-order valence-corrected chi connectivity index (χ0v) is 65.4. The van der Waals surface area contributed by atoms with Gasteiger partial charge in [0.25, 0.3) is 0 Å². The molecular formula is C67H87Br5N14O17. The summed E-state index contributed by atoms with van der Waals surface area (Å²) in [6.07, 6.45) is 13.3. The van der Waals surface area contributed by atoms with E-state index < -0.39 is 35.4 Å². The van der Waals surface area contributed by atoms with Crippen molar-refractivity contribution in [3.63, 3.8) is 0 Å². The number of hydrogen-bond donors (Lipinski definition) is 6. The highest BCUT2D eigenvalue weighted by Gasteiger charge is 2.27. The van der Waals surface area contributed by atoms with E-state index in [0.717, 1.165) is 41.5 Å². The Labute approximate surface area is 641 Å². The summed E-state index contributed by atoms with van der Waals surface area (Å²) in [4.78, 5) is 143. The van der Waals surface area contributed by atoms with E-state index in [1.807, 2.05) is 18.2 Å². The van der Waals surface area contributed by atoms with E-state index in [4.69, 9.17) is 45.0 Å². The number of hydrogen-bond acceptors (Lipinski definition) is 27. The maximum absolute atomic E-state index is 12.0. The molecule has 103 heavy (non-hydrogen) atoms. The fourth-order valence-electron chi connectivity index (χ4n) is 9.01. The van der Waals surface area contributed by atoms with Crippen LogP contribution in [0.1, 0.15) is 102 Å². The minimum absolute atomic E-state index is 0. The van der Waals surface area contributed by atoms with Crippen LogP contribution in [0.3, 0.4) is 0 Å². The zero-order chi connectivity index (χ0) is 74.8. The molecule has 3 aliphatic rings. The predicted octanol–water partition coefficient (Wildman–Crippen LogP) is 8.30. The topological polar surface area (TPSA) is 412 Å². The van der Waals surface area contributed by atoms with Crippen molar-refractivity contribution in [1.82, 2.24) is 44.5 Å². The van der Waals surface area contributed by atoms with Crippen molar-refractivity contribution in [3.8, 4) is 0 Å². The van der Waals surface area contributed by atoms with E-state index in [2.05, 4.69) is 105 Å². The molecule has 562 valence electrons. The van der Waals surface area contributed by atoms with Gasteiger partial charge in [0, 0.05) is 116 Å². The first-order valence-electron chi connectivity index (χ1n) is 31.3. The van der Waals surface area contributed by atoms with E-state index in [-0.39, 0.29) is 139 Å². The predicted molar refractivity (Wildman–Crippen MR) is 405 cm³/mol. The van der Waals surface area contributed by atoms with Gasteiger partial charge >= 0.3 is 41.8 Å². The Kier molecular flexibility index (Phi) is 41.6. The van der Waals surface area contributed by atoms with Crippen molar-refractivity contribution in [3.05, 3.63) is 126 Å². The van der Waals surface area contributed by atoms with Gasteiger partial charge in [-0.3, -0.25) is 58.0 Å². The highest BCUT2D eigenvalue weighted by atomic mass is 79.9. The van der Waals surface area contributed by atoms with E-state index in [1.54, 1.807) is 118 Å². The van der Waals surface area contributed by atoms with Crippen LogP contribution in [0.25, 0.3) is 12.2 Å². The molecule has 0 aromatic carbocycles. The number of carbonyl (C=O) groups is 10. The standard InChI is InChI=1S/C19H25N3O5.C15H17N3O5.C14H20BrN3O4.C12H14BrN3O3.C6H6Br2N2.CH4.BrH/c1-5-26-17(25)12-22-10-14-8-13(6-7-16(24)27-19(2,3)4)9-20-18(14)21-15(23)11-22;1-2-23-14(22)9-18-7-11-5-10(3-4-13(20)21)6-16-15(11)17-12(19)8-18;1-3-21-12(19)8-18(9-13(20)22-4-2)7-10-5-11(15)6-17-14(10)16;1-2-19-11(18)7-16-5-8-3-9(13)4-14-12(8)15-10(17)6-16;7-2-4-1-5(8)3-10-6(4)9;;/h6-9H,5,10-12H2,1-4H3,(H,20,21,23);3-6H,2,7-9H2,1H3,(H,20,21)(H,16,17,19);5-6H,3-4,7-9H2,1-2H3,(H2,16,17);3-4H,2,5-7H2,1H3,(H,14,15,17);1,3H,2H2,(H2,9,10);1H4;1H/b7-6+;4-3+;;;;;. The average Bonchev–Trinajstić information content (AvgIpc) is 1.76. The van der Waals surface area contributed by atoms with Crippen LogP contribution in [0.15, 0.2) is 86.9 Å². The van der Waals surface area contributed by atoms with Crippen molar-refractivity contribution in [1.29, 1.82) is 0 Å². The number of fused-ring (bicyclic) bond motifs is 3. The summed E-state index contributed by atoms with van der Waals surface area (Å²) < 4.78 is 32.3. The number of esters is 6. The number of aliphatic carboxylic acids is 1. The number of anilines is 5. The van der Waals surface area contributed by atoms with Gasteiger partial charge < -0.3 is 60.9 Å². The summed E-state index contributed by atoms with van der Waals surface area (Å²) in [5.74, 6) is -1.82. The number of aromatic nitrogens is 5. The van der Waals surface area contributed by atoms with Gasteiger partial charge in [0.1, 0.15) is 34.7 Å². The number of nitrogens with zero attached hydrogens (tertiary/aromatic N) is 9. The number of halogens is 5. The van der Waals surface area contributed by atoms with Crippen LogP contribution < -0.4 is 27.4 Å². The lowest BCUT2D eigenvalue weighted by molar-refractivity contribution is -0.149. The van der Waals surface area contributed by atoms with E-state index in [1.165, 1.54) is 18.3 Å². The van der Waals surface area contributed by atoms with Gasteiger partial charge in [-0.05, 0) is 157 Å². The van der Waals surface area contributed by atoms with Crippen LogP contribution in [0.4, 0.5) is 29.1 Å². The monoisotopic (exact) mass is 1750 g/mol. The first kappa shape index (κ1) is 90.9. The third-order valence-electron chi connectivity index (χ3n) is 13.0. The molecule has 5 aromatic rings. The number of carboxylic acid groups (broad SMARTS) is 1. The van der Waals surface area contributed by atoms with Crippen LogP contribution in [-0.4, -0.2) is 200 Å². The van der Waals surface area contributed by atoms with Crippen molar-refractivity contribution >= 4 is 181 Å². The number of pyridine rings is 5. The number of carboxylic acids is 1. The minimum Gasteiger partial charge on any atom is -0.478 e. The summed E-state index contributed by atoms with van der Waals surface area (Å²) in [6, 6.07) is 9.16. The number of carbonyl (C=O) groups excluding carboxylic acids is 9. The van der Waals surface area contributed by atoms with Gasteiger partial charge in [-0.25, -0.2) is 34.5 Å². The maximum Gasteiger partial charge on any atom is 0.331 e. The van der Waals surface area contributed by atoms with Gasteiger partial charge in [0.2, 0.25) is 17.7 Å². The quantitative estimate of drug-likeness (QED) is 0.0164. The molecule has 3 aliphatic heterocycles. The maximum atomic E-state index is 12.0. The van der Waals surface area contributed by atoms with E-state index in [9.17, 15) is 47.9 Å². The smallest absolute Gasteiger partial charge is 0.331 e. The molecule has 5 aromatic heterocycles. The van der Waals surface area contributed by atoms with Gasteiger partial charge in [0.05, 0.1) is 85.4 Å². The molecular weight excluding hydrogens is 1670 g/mol. The number of nitrogens with one attached hydrogen (secondary N) is 3. The molecule has 0 bridgehead atoms. The normalized spacial score (nSPS) is 13.3. The number of nitrogens with two attached hydrogens (primary N) is 2. The van der Waals surface area contributed by atoms with Crippen molar-refractivity contribution in [2.24, 2.45) is 0 Å². The number of alkyl halides is 1. The molecule has 31 nitrogen and oxygen atoms in total. The SMILES string of the molecule is Br.C.CCOC(=O)CN(CC(=O)OCC)Cc1cc(Br)cnc1N.CCOC(=O)CN1CC(=O)Nc2ncc(/C=C/C(=O)O)cc2C1.CCOC(=O)CN1CC(=O)Nc2ncc(/C=C/C(=O)OC(C)(C)C)cc2C1.CCOC(=O)CN1CC(=O)Nc2ncc(Br)cc2C1.Nc1ncc(Br)cc1CBr. The average molecular weight is 1760 g/mol. The van der Waals surface area contributed by atoms with Crippen molar-refractivity contribution in [2.75, 3.05) is 113 Å². The van der Waals surface area contributed by atoms with Crippen molar-refractivity contribution < 1.29 is 81.5 Å². The highest BCUT2D eigenvalue weighted by molar-refractivity contribution is 9.11. The Morgan fingerprint density at radius 3 is 1.23 bits per heavy atom. The summed E-state index contributed by atoms with van der Waals surface area (Å²) in [6.45, 7) is 17.3. The van der Waals surface area contributed by atoms with Crippen LogP contribution in [0.2, 0.25) is 0 Å². The van der Waals surface area contributed by atoms with Gasteiger partial charge in [-0.2, -0.15) is 0 Å². The third kappa shape index (κ3) is 35.7. The molecule has 0 radical (unpaired) electrons. The molecule has 3 amide bonds. The molecule has 8 N–H and O–H groups in total. The summed E-state index contributed by atoms with van der Waals surface area (Å²) in [7, 11) is 0. The molecule has 8 heterocycles. The minimum atomic E-state index is -1.06. The second-order valence-corrected chi connectivity index (χ2v) is 25.8. The van der Waals surface area contributed by atoms with Crippen LogP contribution in [0, 0.1) is 0 Å². The fraction of sp³-hybridized carbons (Fsp3) is 0.418. The van der Waals surface area contributed by atoms with Gasteiger partial charge in [0.15, 0.2) is 0 Å². The molecule has 0 atom stereocenters. The molecule has 0 spiro atoms. The van der Waals surface area contributed by atoms with Crippen LogP contribution in [-0.2, 0) is 108 Å². The van der Waals surface area contributed by atoms with Crippen LogP contribution in [0.5, 0.6) is 0 Å². The number of nitrogen functional groups attached to an aromatic ring is 2. The molecule has 0 unspecified atom stereocenters. The molecule has 36 heteroatoms. The number of rotatable bonds is 22. The van der Waals surface area contributed by atoms with E-state index in [0.29, 0.717) is 77.6 Å². The van der Waals surface area contributed by atoms with E-state index >= 15 is 0 Å². The summed E-state index contributed by atoms with van der Waals surface area (Å²) in [5, 5.41) is 17.5. The lowest BCUT2D eigenvalue weighted by atomic mass is 10.1. The zero-order valence-electron chi connectivity index (χ0n) is 57.4. The second-order valence-electron chi connectivity index (χ2n) is 22.5. The first-order valence-corrected chi connectivity index (χ1v) is 34.8. The van der Waals surface area contributed by atoms with Crippen molar-refractivity contribution in [2.45, 2.75) is 99.9 Å².